The van der Waals surface area contributed by atoms with Crippen LogP contribution in [0.2, 0.25) is 5.02 Å². The summed E-state index contributed by atoms with van der Waals surface area (Å²) in [6, 6.07) is 10.5. The van der Waals surface area contributed by atoms with Crippen LogP contribution in [0.1, 0.15) is 18.5 Å². The maximum atomic E-state index is 13.4. The van der Waals surface area contributed by atoms with Crippen molar-refractivity contribution in [2.24, 2.45) is 0 Å². The molecule has 0 radical (unpaired) electrons. The highest BCUT2D eigenvalue weighted by atomic mass is 35.5. The van der Waals surface area contributed by atoms with E-state index in [4.69, 9.17) is 11.6 Å². The molecule has 1 saturated heterocycles. The van der Waals surface area contributed by atoms with E-state index in [2.05, 4.69) is 10.3 Å². The maximum Gasteiger partial charge on any atom is 0.407 e. The van der Waals surface area contributed by atoms with Gasteiger partial charge in [-0.15, -0.1) is 0 Å². The van der Waals surface area contributed by atoms with Crippen molar-refractivity contribution in [2.75, 3.05) is 13.1 Å². The van der Waals surface area contributed by atoms with Gasteiger partial charge in [0.25, 0.3) is 10.0 Å². The molecule has 0 bridgehead atoms. The first-order chi connectivity index (χ1) is 15.3. The molecule has 1 atom stereocenters. The quantitative estimate of drug-likeness (QED) is 0.564. The molecule has 1 aliphatic rings. The van der Waals surface area contributed by atoms with E-state index in [0.29, 0.717) is 35.5 Å². The number of carbonyl (C=O) groups excluding carboxylic acids is 1. The molecule has 0 aliphatic carbocycles. The van der Waals surface area contributed by atoms with Gasteiger partial charge in [0.1, 0.15) is 6.04 Å². The van der Waals surface area contributed by atoms with Crippen molar-refractivity contribution in [3.63, 3.8) is 0 Å². The fourth-order valence-electron chi connectivity index (χ4n) is 3.94. The van der Waals surface area contributed by atoms with E-state index in [1.165, 1.54) is 18.3 Å². The predicted octanol–water partition coefficient (Wildman–Crippen LogP) is 2.73. The van der Waals surface area contributed by atoms with E-state index in [9.17, 15) is 23.1 Å². The number of nitrogens with one attached hydrogen (secondary N) is 1. The fraction of sp³-hybridized carbons (Fsp3) is 0.286. The molecule has 11 heteroatoms. The van der Waals surface area contributed by atoms with E-state index in [-0.39, 0.29) is 23.5 Å². The molecule has 2 amide bonds. The SMILES string of the molecule is O=C(NCCc1cc2c(Cl)ccnc2n1S(=O)(=O)c1ccccc1)[C@@H]1CCCN1C(=O)O. The molecule has 168 valence electrons. The van der Waals surface area contributed by atoms with Crippen molar-refractivity contribution in [1.82, 2.24) is 19.2 Å². The van der Waals surface area contributed by atoms with Crippen LogP contribution < -0.4 is 5.32 Å². The van der Waals surface area contributed by atoms with E-state index in [0.717, 1.165) is 8.87 Å². The number of hydrogen-bond acceptors (Lipinski definition) is 5. The first kappa shape index (κ1) is 22.1. The molecule has 32 heavy (non-hydrogen) atoms. The number of aromatic nitrogens is 2. The molecule has 0 unspecified atom stereocenters. The molecule has 1 fully saturated rings. The zero-order chi connectivity index (χ0) is 22.9. The van der Waals surface area contributed by atoms with E-state index in [1.807, 2.05) is 0 Å². The van der Waals surface area contributed by atoms with E-state index >= 15 is 0 Å². The summed E-state index contributed by atoms with van der Waals surface area (Å²) >= 11 is 6.28. The number of pyridine rings is 1. The summed E-state index contributed by atoms with van der Waals surface area (Å²) in [6.45, 7) is 0.447. The van der Waals surface area contributed by atoms with Crippen LogP contribution >= 0.6 is 11.6 Å². The van der Waals surface area contributed by atoms with Gasteiger partial charge in [0.15, 0.2) is 5.65 Å². The first-order valence-electron chi connectivity index (χ1n) is 10.0. The number of amides is 2. The van der Waals surface area contributed by atoms with Crippen LogP contribution in [0.5, 0.6) is 0 Å². The van der Waals surface area contributed by atoms with Crippen molar-refractivity contribution in [1.29, 1.82) is 0 Å². The van der Waals surface area contributed by atoms with Gasteiger partial charge in [0.2, 0.25) is 5.91 Å². The summed E-state index contributed by atoms with van der Waals surface area (Å²) in [5, 5.41) is 12.8. The average molecular weight is 477 g/mol. The minimum Gasteiger partial charge on any atom is -0.465 e. The highest BCUT2D eigenvalue weighted by Crippen LogP contribution is 2.29. The number of carboxylic acid groups (broad SMARTS) is 1. The van der Waals surface area contributed by atoms with Crippen LogP contribution in [-0.2, 0) is 21.2 Å². The molecule has 2 N–H and O–H groups in total. The van der Waals surface area contributed by atoms with Gasteiger partial charge in [0.05, 0.1) is 9.92 Å². The van der Waals surface area contributed by atoms with Crippen molar-refractivity contribution < 1.29 is 23.1 Å². The molecule has 3 aromatic rings. The van der Waals surface area contributed by atoms with Gasteiger partial charge in [-0.05, 0) is 37.1 Å². The number of benzene rings is 1. The predicted molar refractivity (Wildman–Crippen MR) is 118 cm³/mol. The summed E-state index contributed by atoms with van der Waals surface area (Å²) in [4.78, 5) is 29.2. The lowest BCUT2D eigenvalue weighted by Crippen LogP contribution is -2.45. The summed E-state index contributed by atoms with van der Waals surface area (Å²) in [5.41, 5.74) is 0.613. The van der Waals surface area contributed by atoms with Gasteiger partial charge in [-0.1, -0.05) is 29.8 Å². The monoisotopic (exact) mass is 476 g/mol. The Morgan fingerprint density at radius 1 is 1.22 bits per heavy atom. The largest absolute Gasteiger partial charge is 0.465 e. The smallest absolute Gasteiger partial charge is 0.407 e. The van der Waals surface area contributed by atoms with Crippen LogP contribution in [0.15, 0.2) is 53.6 Å². The van der Waals surface area contributed by atoms with Crippen molar-refractivity contribution in [3.05, 3.63) is 59.4 Å². The van der Waals surface area contributed by atoms with Gasteiger partial charge >= 0.3 is 6.09 Å². The van der Waals surface area contributed by atoms with Crippen molar-refractivity contribution >= 4 is 44.7 Å². The molecule has 1 aromatic carbocycles. The number of hydrogen-bond donors (Lipinski definition) is 2. The van der Waals surface area contributed by atoms with Crippen LogP contribution in [-0.4, -0.2) is 58.5 Å². The number of halogens is 1. The highest BCUT2D eigenvalue weighted by Gasteiger charge is 2.34. The number of rotatable bonds is 6. The Kier molecular flexibility index (Phi) is 6.07. The second-order valence-corrected chi connectivity index (χ2v) is 9.62. The zero-order valence-electron chi connectivity index (χ0n) is 16.9. The Labute approximate surface area is 189 Å². The summed E-state index contributed by atoms with van der Waals surface area (Å²) in [6.07, 6.45) is 1.58. The zero-order valence-corrected chi connectivity index (χ0v) is 18.5. The lowest BCUT2D eigenvalue weighted by atomic mass is 10.2. The minimum absolute atomic E-state index is 0.104. The molecular weight excluding hydrogens is 456 g/mol. The van der Waals surface area contributed by atoms with E-state index < -0.39 is 28.1 Å². The molecular formula is C21H21ClN4O5S. The number of fused-ring (bicyclic) bond motifs is 1. The Bertz CT molecular complexity index is 1280. The summed E-state index contributed by atoms with van der Waals surface area (Å²) in [7, 11) is -3.96. The molecule has 9 nitrogen and oxygen atoms in total. The molecule has 0 spiro atoms. The average Bonchev–Trinajstić information content (AvgIpc) is 3.40. The second kappa shape index (κ2) is 8.79. The minimum atomic E-state index is -3.96. The molecule has 3 heterocycles. The van der Waals surface area contributed by atoms with Gasteiger partial charge < -0.3 is 10.4 Å². The Hall–Kier alpha value is -3.11. The summed E-state index contributed by atoms with van der Waals surface area (Å²) in [5.74, 6) is -0.394. The highest BCUT2D eigenvalue weighted by molar-refractivity contribution is 7.90. The van der Waals surface area contributed by atoms with Crippen LogP contribution in [0.3, 0.4) is 0 Å². The topological polar surface area (TPSA) is 122 Å². The Morgan fingerprint density at radius 2 is 1.97 bits per heavy atom. The van der Waals surface area contributed by atoms with Crippen molar-refractivity contribution in [3.8, 4) is 0 Å². The standard InChI is InChI=1S/C21H21ClN4O5S/c22-17-9-11-23-19-16(17)13-14(26(19)32(30,31)15-5-2-1-3-6-15)8-10-24-20(27)18-7-4-12-25(18)21(28)29/h1-3,5-6,9,11,13,18H,4,7-8,10,12H2,(H,24,27)(H,28,29)/t18-/m0/s1. The third kappa shape index (κ3) is 4.03. The Balaban J connectivity index is 1.62. The van der Waals surface area contributed by atoms with Gasteiger partial charge in [-0.25, -0.2) is 22.2 Å². The van der Waals surface area contributed by atoms with Crippen LogP contribution in [0, 0.1) is 0 Å². The van der Waals surface area contributed by atoms with Crippen LogP contribution in [0.4, 0.5) is 4.79 Å². The number of nitrogens with zero attached hydrogens (tertiary/aromatic N) is 3. The molecule has 0 saturated carbocycles. The number of likely N-dealkylation sites (tertiary alicyclic amines) is 1. The van der Waals surface area contributed by atoms with Gasteiger partial charge in [0, 0.05) is 36.8 Å². The molecule has 1 aliphatic heterocycles. The van der Waals surface area contributed by atoms with Gasteiger partial charge in [-0.3, -0.25) is 9.69 Å². The lowest BCUT2D eigenvalue weighted by molar-refractivity contribution is -0.124. The first-order valence-corrected chi connectivity index (χ1v) is 11.9. The molecule has 4 rings (SSSR count). The second-order valence-electron chi connectivity index (χ2n) is 7.42. The van der Waals surface area contributed by atoms with E-state index in [1.54, 1.807) is 30.3 Å². The van der Waals surface area contributed by atoms with Crippen LogP contribution in [0.25, 0.3) is 11.0 Å². The maximum absolute atomic E-state index is 13.4. The van der Waals surface area contributed by atoms with Gasteiger partial charge in [-0.2, -0.15) is 0 Å². The normalized spacial score (nSPS) is 16.4. The summed E-state index contributed by atoms with van der Waals surface area (Å²) < 4.78 is 27.9. The Morgan fingerprint density at radius 3 is 2.69 bits per heavy atom. The third-order valence-electron chi connectivity index (χ3n) is 5.44. The van der Waals surface area contributed by atoms with Crippen molar-refractivity contribution in [2.45, 2.75) is 30.2 Å². The molecule has 2 aromatic heterocycles. The number of carbonyl (C=O) groups is 2. The third-order valence-corrected chi connectivity index (χ3v) is 7.53. The lowest BCUT2D eigenvalue weighted by Gasteiger charge is -2.20. The fourth-order valence-corrected chi connectivity index (χ4v) is 5.67.